The Morgan fingerprint density at radius 3 is 2.52 bits per heavy atom. The highest BCUT2D eigenvalue weighted by molar-refractivity contribution is 8.13. The van der Waals surface area contributed by atoms with E-state index in [0.717, 1.165) is 5.69 Å². The lowest BCUT2D eigenvalue weighted by Crippen LogP contribution is -2.27. The maximum absolute atomic E-state index is 12.1. The van der Waals surface area contributed by atoms with Gasteiger partial charge in [0.2, 0.25) is 15.0 Å². The molecule has 1 amide bonds. The van der Waals surface area contributed by atoms with E-state index >= 15 is 0 Å². The highest BCUT2D eigenvalue weighted by Crippen LogP contribution is 2.30. The molecule has 118 valence electrons. The van der Waals surface area contributed by atoms with E-state index in [9.17, 15) is 13.2 Å². The molecule has 0 N–H and O–H groups in total. The number of carbonyl (C=O) groups is 1. The average Bonchev–Trinajstić information content (AvgIpc) is 2.79. The molecule has 8 heteroatoms. The van der Waals surface area contributed by atoms with Crippen LogP contribution in [0.4, 0.5) is 5.82 Å². The fourth-order valence-corrected chi connectivity index (χ4v) is 3.79. The second-order valence-electron chi connectivity index (χ2n) is 6.54. The Labute approximate surface area is 129 Å². The molecule has 0 aliphatic carbocycles. The van der Waals surface area contributed by atoms with Crippen molar-refractivity contribution in [3.05, 3.63) is 11.8 Å². The van der Waals surface area contributed by atoms with Crippen LogP contribution in [0.15, 0.2) is 6.07 Å². The Kier molecular flexibility index (Phi) is 4.10. The summed E-state index contributed by atoms with van der Waals surface area (Å²) in [6.45, 7) is 6.50. The van der Waals surface area contributed by atoms with E-state index < -0.39 is 9.05 Å². The molecule has 0 saturated carbocycles. The van der Waals surface area contributed by atoms with E-state index in [0.29, 0.717) is 12.4 Å². The number of halogens is 1. The van der Waals surface area contributed by atoms with Gasteiger partial charge < -0.3 is 0 Å². The fraction of sp³-hybridized carbons (Fsp3) is 0.692. The molecular formula is C13H20ClN3O3S. The molecule has 0 aromatic carbocycles. The number of aryl methyl sites for hydroxylation is 1. The first-order chi connectivity index (χ1) is 9.47. The predicted molar refractivity (Wildman–Crippen MR) is 82.0 cm³/mol. The van der Waals surface area contributed by atoms with E-state index in [-0.39, 0.29) is 29.4 Å². The summed E-state index contributed by atoms with van der Waals surface area (Å²) in [5.74, 6) is 0.150. The minimum absolute atomic E-state index is 0.0937. The Balaban J connectivity index is 2.23. The SMILES string of the molecule is Cn1nc(C(C)(C)C)cc1N1CC(CS(=O)(=O)Cl)CC1=O. The fourth-order valence-electron chi connectivity index (χ4n) is 2.47. The second kappa shape index (κ2) is 5.28. The van der Waals surface area contributed by atoms with Gasteiger partial charge in [-0.05, 0) is 0 Å². The lowest BCUT2D eigenvalue weighted by Gasteiger charge is -2.16. The van der Waals surface area contributed by atoms with Gasteiger partial charge in [-0.1, -0.05) is 20.8 Å². The zero-order valence-corrected chi connectivity index (χ0v) is 14.2. The molecule has 1 aliphatic heterocycles. The van der Waals surface area contributed by atoms with Gasteiger partial charge in [0.15, 0.2) is 0 Å². The van der Waals surface area contributed by atoms with Crippen LogP contribution >= 0.6 is 10.7 Å². The Bertz CT molecular complexity index is 661. The molecule has 1 unspecified atom stereocenters. The van der Waals surface area contributed by atoms with Crippen LogP contribution in [-0.4, -0.2) is 36.4 Å². The molecule has 1 atom stereocenters. The van der Waals surface area contributed by atoms with Crippen LogP contribution in [0, 0.1) is 5.92 Å². The lowest BCUT2D eigenvalue weighted by molar-refractivity contribution is -0.117. The van der Waals surface area contributed by atoms with Gasteiger partial charge in [-0.25, -0.2) is 8.42 Å². The second-order valence-corrected chi connectivity index (χ2v) is 9.36. The molecule has 1 aromatic heterocycles. The van der Waals surface area contributed by atoms with Crippen molar-refractivity contribution in [3.8, 4) is 0 Å². The summed E-state index contributed by atoms with van der Waals surface area (Å²) in [6.07, 6.45) is 0.196. The van der Waals surface area contributed by atoms with Gasteiger partial charge in [0.05, 0.1) is 11.4 Å². The van der Waals surface area contributed by atoms with Crippen molar-refractivity contribution in [2.24, 2.45) is 13.0 Å². The number of aromatic nitrogens is 2. The first-order valence-corrected chi connectivity index (χ1v) is 9.22. The quantitative estimate of drug-likeness (QED) is 0.788. The van der Waals surface area contributed by atoms with Crippen LogP contribution in [0.3, 0.4) is 0 Å². The minimum Gasteiger partial charge on any atom is -0.297 e. The molecular weight excluding hydrogens is 314 g/mol. The topological polar surface area (TPSA) is 72.3 Å². The molecule has 1 saturated heterocycles. The maximum atomic E-state index is 12.1. The van der Waals surface area contributed by atoms with Crippen molar-refractivity contribution in [1.29, 1.82) is 0 Å². The van der Waals surface area contributed by atoms with Gasteiger partial charge in [-0.3, -0.25) is 14.4 Å². The Morgan fingerprint density at radius 2 is 2.05 bits per heavy atom. The van der Waals surface area contributed by atoms with Gasteiger partial charge in [-0.15, -0.1) is 0 Å². The van der Waals surface area contributed by atoms with Crippen LogP contribution in [0.2, 0.25) is 0 Å². The number of amides is 1. The third kappa shape index (κ3) is 3.77. The number of hydrogen-bond acceptors (Lipinski definition) is 4. The summed E-state index contributed by atoms with van der Waals surface area (Å²) in [6, 6.07) is 1.88. The molecule has 2 rings (SSSR count). The molecule has 0 radical (unpaired) electrons. The number of anilines is 1. The van der Waals surface area contributed by atoms with Crippen LogP contribution in [-0.2, 0) is 26.3 Å². The standard InChI is InChI=1S/C13H20ClN3O3S/c1-13(2,3)10-6-11(16(4)15-10)17-7-9(5-12(17)18)8-21(14,19)20/h6,9H,5,7-8H2,1-4H3. The van der Waals surface area contributed by atoms with Gasteiger partial charge in [-0.2, -0.15) is 5.10 Å². The minimum atomic E-state index is -3.59. The molecule has 0 spiro atoms. The third-order valence-electron chi connectivity index (χ3n) is 3.54. The highest BCUT2D eigenvalue weighted by atomic mass is 35.7. The van der Waals surface area contributed by atoms with Crippen LogP contribution in [0.5, 0.6) is 0 Å². The van der Waals surface area contributed by atoms with Crippen molar-refractivity contribution in [2.75, 3.05) is 17.2 Å². The number of nitrogens with zero attached hydrogens (tertiary/aromatic N) is 3. The highest BCUT2D eigenvalue weighted by Gasteiger charge is 2.35. The molecule has 21 heavy (non-hydrogen) atoms. The van der Waals surface area contributed by atoms with Crippen molar-refractivity contribution in [3.63, 3.8) is 0 Å². The van der Waals surface area contributed by atoms with E-state index in [1.54, 1.807) is 16.6 Å². The van der Waals surface area contributed by atoms with E-state index in [1.807, 2.05) is 26.8 Å². The summed E-state index contributed by atoms with van der Waals surface area (Å²) >= 11 is 0. The van der Waals surface area contributed by atoms with Gasteiger partial charge in [0.25, 0.3) is 0 Å². The monoisotopic (exact) mass is 333 g/mol. The van der Waals surface area contributed by atoms with Crippen molar-refractivity contribution >= 4 is 31.5 Å². The number of hydrogen-bond donors (Lipinski definition) is 0. The summed E-state index contributed by atoms with van der Waals surface area (Å²) in [5, 5.41) is 4.44. The van der Waals surface area contributed by atoms with Crippen molar-refractivity contribution < 1.29 is 13.2 Å². The zero-order chi connectivity index (χ0) is 16.0. The summed E-state index contributed by atoms with van der Waals surface area (Å²) in [7, 11) is 3.46. The zero-order valence-electron chi connectivity index (χ0n) is 12.6. The summed E-state index contributed by atoms with van der Waals surface area (Å²) in [4.78, 5) is 13.7. The van der Waals surface area contributed by atoms with Crippen LogP contribution in [0.1, 0.15) is 32.9 Å². The molecule has 1 aromatic rings. The predicted octanol–water partition coefficient (Wildman–Crippen LogP) is 1.64. The van der Waals surface area contributed by atoms with E-state index in [1.165, 1.54) is 0 Å². The normalized spacial score (nSPS) is 20.3. The van der Waals surface area contributed by atoms with E-state index in [2.05, 4.69) is 5.10 Å². The average molecular weight is 334 g/mol. The number of carbonyl (C=O) groups excluding carboxylic acids is 1. The first kappa shape index (κ1) is 16.3. The van der Waals surface area contributed by atoms with Crippen LogP contribution < -0.4 is 4.90 Å². The molecule has 6 nitrogen and oxygen atoms in total. The third-order valence-corrected chi connectivity index (χ3v) is 4.79. The van der Waals surface area contributed by atoms with Gasteiger partial charge in [0.1, 0.15) is 5.82 Å². The van der Waals surface area contributed by atoms with E-state index in [4.69, 9.17) is 10.7 Å². The molecule has 0 bridgehead atoms. The lowest BCUT2D eigenvalue weighted by atomic mass is 9.92. The largest absolute Gasteiger partial charge is 0.297 e. The first-order valence-electron chi connectivity index (χ1n) is 6.74. The molecule has 2 heterocycles. The van der Waals surface area contributed by atoms with Gasteiger partial charge in [0, 0.05) is 48.1 Å². The molecule has 1 aliphatic rings. The smallest absolute Gasteiger partial charge is 0.232 e. The van der Waals surface area contributed by atoms with Crippen molar-refractivity contribution in [2.45, 2.75) is 32.6 Å². The van der Waals surface area contributed by atoms with Crippen molar-refractivity contribution in [1.82, 2.24) is 9.78 Å². The Morgan fingerprint density at radius 1 is 1.43 bits per heavy atom. The van der Waals surface area contributed by atoms with Crippen LogP contribution in [0.25, 0.3) is 0 Å². The summed E-state index contributed by atoms with van der Waals surface area (Å²) in [5.41, 5.74) is 0.777. The maximum Gasteiger partial charge on any atom is 0.232 e. The summed E-state index contributed by atoms with van der Waals surface area (Å²) < 4.78 is 24.0. The van der Waals surface area contributed by atoms with Gasteiger partial charge >= 0.3 is 0 Å². The molecule has 1 fully saturated rings. The Hall–Kier alpha value is -1.08. The number of rotatable bonds is 3.